The van der Waals surface area contributed by atoms with Crippen LogP contribution >= 0.6 is 0 Å². The molecule has 31 heavy (non-hydrogen) atoms. The van der Waals surface area contributed by atoms with Gasteiger partial charge in [-0.2, -0.15) is 0 Å². The highest BCUT2D eigenvalue weighted by Crippen LogP contribution is 2.33. The minimum Gasteiger partial charge on any atom is -0.495 e. The molecule has 0 saturated carbocycles. The minimum absolute atomic E-state index is 0.266. The van der Waals surface area contributed by atoms with Crippen LogP contribution < -0.4 is 15.0 Å². The Morgan fingerprint density at radius 1 is 1.10 bits per heavy atom. The van der Waals surface area contributed by atoms with E-state index in [0.29, 0.717) is 11.3 Å². The normalized spacial score (nSPS) is 15.0. The van der Waals surface area contributed by atoms with Crippen LogP contribution in [-0.4, -0.2) is 71.2 Å². The Labute approximate surface area is 184 Å². The van der Waals surface area contributed by atoms with Crippen LogP contribution in [0.4, 0.5) is 5.69 Å². The van der Waals surface area contributed by atoms with Crippen LogP contribution in [0.2, 0.25) is 0 Å². The highest BCUT2D eigenvalue weighted by Gasteiger charge is 2.24. The number of methoxy groups -OCH3 is 1. The summed E-state index contributed by atoms with van der Waals surface area (Å²) in [6, 6.07) is 12.8. The van der Waals surface area contributed by atoms with Crippen LogP contribution in [0.3, 0.4) is 0 Å². The lowest BCUT2D eigenvalue weighted by atomic mass is 10.1. The number of likely N-dealkylation sites (N-methyl/N-ethyl adjacent to an activating group) is 1. The molecule has 0 radical (unpaired) electrons. The lowest BCUT2D eigenvalue weighted by molar-refractivity contribution is 0.412. The molecule has 0 spiro atoms. The van der Waals surface area contributed by atoms with Gasteiger partial charge in [-0.3, -0.25) is 0 Å². The van der Waals surface area contributed by atoms with Crippen molar-refractivity contribution in [2.45, 2.75) is 11.3 Å². The number of aromatic nitrogens is 1. The van der Waals surface area contributed by atoms with Gasteiger partial charge in [-0.15, -0.1) is 0 Å². The van der Waals surface area contributed by atoms with Crippen molar-refractivity contribution < 1.29 is 13.2 Å². The average molecular weight is 443 g/mol. The van der Waals surface area contributed by atoms with Crippen LogP contribution in [0.15, 0.2) is 53.6 Å². The first-order valence-electron chi connectivity index (χ1n) is 10.5. The van der Waals surface area contributed by atoms with E-state index in [1.165, 1.54) is 3.97 Å². The first kappa shape index (κ1) is 21.7. The monoisotopic (exact) mass is 442 g/mol. The summed E-state index contributed by atoms with van der Waals surface area (Å²) in [6.07, 6.45) is 2.56. The number of anilines is 1. The standard InChI is InChI=1S/C23H30N4O3S/c1-25(2)13-10-18-17-27(21-7-5-4-6-20(18)21)31(28,29)19-8-9-23(30-3)22(16-19)26-14-11-24-12-15-26/h4-9,16-17,24H,10-15H2,1-3H3. The minimum atomic E-state index is -3.76. The number of rotatable bonds is 7. The molecule has 0 atom stereocenters. The predicted octanol–water partition coefficient (Wildman–Crippen LogP) is 2.40. The van der Waals surface area contributed by atoms with Crippen molar-refractivity contribution >= 4 is 26.6 Å². The van der Waals surface area contributed by atoms with E-state index < -0.39 is 10.0 Å². The topological polar surface area (TPSA) is 66.8 Å². The Morgan fingerprint density at radius 3 is 2.55 bits per heavy atom. The Hall–Kier alpha value is -2.55. The van der Waals surface area contributed by atoms with Gasteiger partial charge in [0.05, 0.1) is 23.2 Å². The molecule has 1 aliphatic heterocycles. The molecule has 0 unspecified atom stereocenters. The van der Waals surface area contributed by atoms with Crippen LogP contribution in [0.5, 0.6) is 5.75 Å². The van der Waals surface area contributed by atoms with Crippen molar-refractivity contribution in [1.29, 1.82) is 0 Å². The molecule has 1 saturated heterocycles. The number of nitrogens with zero attached hydrogens (tertiary/aromatic N) is 3. The second kappa shape index (κ2) is 8.90. The van der Waals surface area contributed by atoms with Gasteiger partial charge >= 0.3 is 0 Å². The molecular weight excluding hydrogens is 412 g/mol. The van der Waals surface area contributed by atoms with E-state index in [4.69, 9.17) is 4.74 Å². The maximum atomic E-state index is 13.7. The lowest BCUT2D eigenvalue weighted by Gasteiger charge is -2.30. The zero-order chi connectivity index (χ0) is 22.0. The molecule has 7 nitrogen and oxygen atoms in total. The summed E-state index contributed by atoms with van der Waals surface area (Å²) in [4.78, 5) is 4.54. The molecule has 0 bridgehead atoms. The highest BCUT2D eigenvalue weighted by molar-refractivity contribution is 7.90. The molecule has 1 N–H and O–H groups in total. The molecule has 1 aliphatic rings. The van der Waals surface area contributed by atoms with Crippen molar-refractivity contribution in [3.8, 4) is 5.75 Å². The van der Waals surface area contributed by atoms with E-state index in [1.807, 2.05) is 38.4 Å². The number of nitrogens with one attached hydrogen (secondary N) is 1. The van der Waals surface area contributed by atoms with E-state index >= 15 is 0 Å². The van der Waals surface area contributed by atoms with Gasteiger partial charge in [0.25, 0.3) is 10.0 Å². The van der Waals surface area contributed by atoms with Gasteiger partial charge in [-0.05, 0) is 50.3 Å². The highest BCUT2D eigenvalue weighted by atomic mass is 32.2. The third kappa shape index (κ3) is 4.28. The second-order valence-corrected chi connectivity index (χ2v) is 9.91. The summed E-state index contributed by atoms with van der Waals surface area (Å²) in [7, 11) is 1.89. The molecular formula is C23H30N4O3S. The predicted molar refractivity (Wildman–Crippen MR) is 125 cm³/mol. The zero-order valence-corrected chi connectivity index (χ0v) is 19.2. The molecule has 0 amide bonds. The quantitative estimate of drug-likeness (QED) is 0.606. The Balaban J connectivity index is 1.79. The zero-order valence-electron chi connectivity index (χ0n) is 18.3. The maximum absolute atomic E-state index is 13.7. The Bertz CT molecular complexity index is 1160. The number of ether oxygens (including phenoxy) is 1. The van der Waals surface area contributed by atoms with Crippen LogP contribution in [-0.2, 0) is 16.4 Å². The molecule has 2 aromatic carbocycles. The third-order valence-corrected chi connectivity index (χ3v) is 7.42. The molecule has 0 aliphatic carbocycles. The summed E-state index contributed by atoms with van der Waals surface area (Å²) < 4.78 is 34.4. The van der Waals surface area contributed by atoms with Gasteiger partial charge in [-0.25, -0.2) is 12.4 Å². The van der Waals surface area contributed by atoms with Crippen LogP contribution in [0.25, 0.3) is 10.9 Å². The van der Waals surface area contributed by atoms with Gasteiger partial charge in [0, 0.05) is 44.3 Å². The summed E-state index contributed by atoms with van der Waals surface area (Å²) >= 11 is 0. The average Bonchev–Trinajstić information content (AvgIpc) is 3.17. The van der Waals surface area contributed by atoms with E-state index in [9.17, 15) is 8.42 Å². The largest absolute Gasteiger partial charge is 0.495 e. The SMILES string of the molecule is COc1ccc(S(=O)(=O)n2cc(CCN(C)C)c3ccccc32)cc1N1CCNCC1. The van der Waals surface area contributed by atoms with E-state index in [0.717, 1.165) is 55.8 Å². The Morgan fingerprint density at radius 2 is 1.84 bits per heavy atom. The van der Waals surface area contributed by atoms with Gasteiger partial charge in [0.15, 0.2) is 0 Å². The van der Waals surface area contributed by atoms with E-state index in [2.05, 4.69) is 15.1 Å². The number of hydrogen-bond donors (Lipinski definition) is 1. The Kier molecular flexibility index (Phi) is 6.22. The van der Waals surface area contributed by atoms with Crippen molar-refractivity contribution in [3.63, 3.8) is 0 Å². The number of hydrogen-bond acceptors (Lipinski definition) is 6. The molecule has 166 valence electrons. The van der Waals surface area contributed by atoms with Gasteiger partial charge < -0.3 is 19.9 Å². The van der Waals surface area contributed by atoms with Gasteiger partial charge in [0.2, 0.25) is 0 Å². The molecule has 4 rings (SSSR count). The van der Waals surface area contributed by atoms with Crippen molar-refractivity contribution in [2.75, 3.05) is 58.8 Å². The molecule has 1 aromatic heterocycles. The van der Waals surface area contributed by atoms with Crippen LogP contribution in [0, 0.1) is 0 Å². The molecule has 2 heterocycles. The summed E-state index contributed by atoms with van der Waals surface area (Å²) in [5.74, 6) is 0.685. The van der Waals surface area contributed by atoms with Gasteiger partial charge in [-0.1, -0.05) is 18.2 Å². The van der Waals surface area contributed by atoms with Gasteiger partial charge in [0.1, 0.15) is 5.75 Å². The maximum Gasteiger partial charge on any atom is 0.268 e. The fraction of sp³-hybridized carbons (Fsp3) is 0.391. The number of benzene rings is 2. The van der Waals surface area contributed by atoms with E-state index in [-0.39, 0.29) is 4.90 Å². The first-order chi connectivity index (χ1) is 14.9. The summed E-state index contributed by atoms with van der Waals surface area (Å²) in [5, 5.41) is 4.30. The van der Waals surface area contributed by atoms with Crippen molar-refractivity contribution in [1.82, 2.24) is 14.2 Å². The lowest BCUT2D eigenvalue weighted by Crippen LogP contribution is -2.43. The van der Waals surface area contributed by atoms with E-state index in [1.54, 1.807) is 31.5 Å². The summed E-state index contributed by atoms with van der Waals surface area (Å²) in [5.41, 5.74) is 2.55. The fourth-order valence-electron chi connectivity index (χ4n) is 4.06. The second-order valence-electron chi connectivity index (χ2n) is 8.10. The smallest absolute Gasteiger partial charge is 0.268 e. The van der Waals surface area contributed by atoms with Crippen LogP contribution in [0.1, 0.15) is 5.56 Å². The molecule has 8 heteroatoms. The number of piperazine rings is 1. The molecule has 1 fully saturated rings. The number of para-hydroxylation sites is 1. The first-order valence-corrected chi connectivity index (χ1v) is 12.0. The van der Waals surface area contributed by atoms with Crippen molar-refractivity contribution in [2.24, 2.45) is 0 Å². The van der Waals surface area contributed by atoms with Crippen molar-refractivity contribution in [3.05, 3.63) is 54.2 Å². The molecule has 3 aromatic rings. The number of fused-ring (bicyclic) bond motifs is 1. The summed E-state index contributed by atoms with van der Waals surface area (Å²) in [6.45, 7) is 4.18. The third-order valence-electron chi connectivity index (χ3n) is 5.75. The fourth-order valence-corrected chi connectivity index (χ4v) is 5.47.